The molecule has 0 radical (unpaired) electrons. The molecule has 0 aliphatic rings. The maximum absolute atomic E-state index is 13.4. The first kappa shape index (κ1) is 12.4. The van der Waals surface area contributed by atoms with E-state index in [9.17, 15) is 22.4 Å². The monoisotopic (exact) mass is 260 g/mol. The average Bonchev–Trinajstić information content (AvgIpc) is 2.57. The summed E-state index contributed by atoms with van der Waals surface area (Å²) in [5.41, 5.74) is -2.84. The number of para-hydroxylation sites is 1. The molecule has 1 aromatic heterocycles. The molecule has 0 atom stereocenters. The van der Waals surface area contributed by atoms with Crippen LogP contribution in [0.3, 0.4) is 0 Å². The van der Waals surface area contributed by atoms with Gasteiger partial charge in [0.25, 0.3) is 5.56 Å². The van der Waals surface area contributed by atoms with Crippen molar-refractivity contribution in [2.24, 2.45) is 0 Å². The Hall–Kier alpha value is -2.05. The van der Waals surface area contributed by atoms with Crippen LogP contribution in [0.25, 0.3) is 5.69 Å². The Balaban J connectivity index is 2.69. The molecule has 0 aliphatic carbocycles. The molecular weight excluding hydrogens is 252 g/mol. The second-order valence-corrected chi connectivity index (χ2v) is 3.70. The number of aromatic nitrogens is 2. The lowest BCUT2D eigenvalue weighted by Gasteiger charge is -2.05. The lowest BCUT2D eigenvalue weighted by Crippen LogP contribution is -2.16. The van der Waals surface area contributed by atoms with Crippen molar-refractivity contribution in [3.8, 4) is 5.69 Å². The zero-order valence-electron chi connectivity index (χ0n) is 9.18. The fourth-order valence-electron chi connectivity index (χ4n) is 1.60. The molecule has 0 bridgehead atoms. The highest BCUT2D eigenvalue weighted by molar-refractivity contribution is 5.34. The van der Waals surface area contributed by atoms with Crippen LogP contribution in [0.1, 0.15) is 11.3 Å². The SMILES string of the molecule is Cc1c(C(F)(F)F)[nH]n(-c2ccccc2F)c1=O. The first-order chi connectivity index (χ1) is 8.32. The largest absolute Gasteiger partial charge is 0.433 e. The topological polar surface area (TPSA) is 37.8 Å². The predicted octanol–water partition coefficient (Wildman–Crippen LogP) is 2.63. The Labute approximate surface area is 98.6 Å². The summed E-state index contributed by atoms with van der Waals surface area (Å²) in [6.45, 7) is 1.04. The number of alkyl halides is 3. The maximum Gasteiger partial charge on any atom is 0.433 e. The molecule has 0 saturated heterocycles. The maximum atomic E-state index is 13.4. The molecule has 0 fully saturated rings. The van der Waals surface area contributed by atoms with E-state index in [1.807, 2.05) is 5.10 Å². The van der Waals surface area contributed by atoms with Gasteiger partial charge in [-0.25, -0.2) is 9.07 Å². The highest BCUT2D eigenvalue weighted by Gasteiger charge is 2.36. The molecule has 7 heteroatoms. The fourth-order valence-corrected chi connectivity index (χ4v) is 1.60. The molecule has 3 nitrogen and oxygen atoms in total. The van der Waals surface area contributed by atoms with Crippen molar-refractivity contribution < 1.29 is 17.6 Å². The molecule has 0 amide bonds. The molecule has 2 rings (SSSR count). The minimum atomic E-state index is -4.68. The molecule has 2 aromatic rings. The van der Waals surface area contributed by atoms with Crippen molar-refractivity contribution in [3.63, 3.8) is 0 Å². The molecule has 96 valence electrons. The van der Waals surface area contributed by atoms with Gasteiger partial charge in [0.1, 0.15) is 17.2 Å². The van der Waals surface area contributed by atoms with Gasteiger partial charge in [-0.2, -0.15) is 13.2 Å². The summed E-state index contributed by atoms with van der Waals surface area (Å²) < 4.78 is 51.7. The van der Waals surface area contributed by atoms with Crippen molar-refractivity contribution in [1.29, 1.82) is 0 Å². The highest BCUT2D eigenvalue weighted by atomic mass is 19.4. The zero-order valence-corrected chi connectivity index (χ0v) is 9.18. The van der Waals surface area contributed by atoms with Crippen LogP contribution in [-0.4, -0.2) is 9.78 Å². The van der Waals surface area contributed by atoms with E-state index in [4.69, 9.17) is 0 Å². The van der Waals surface area contributed by atoms with Crippen LogP contribution < -0.4 is 5.56 Å². The number of benzene rings is 1. The van der Waals surface area contributed by atoms with E-state index in [-0.39, 0.29) is 5.69 Å². The van der Waals surface area contributed by atoms with Gasteiger partial charge in [0.15, 0.2) is 0 Å². The van der Waals surface area contributed by atoms with E-state index < -0.39 is 28.8 Å². The van der Waals surface area contributed by atoms with Crippen molar-refractivity contribution in [3.05, 3.63) is 51.7 Å². The Bertz CT molecular complexity index is 639. The van der Waals surface area contributed by atoms with Crippen molar-refractivity contribution in [1.82, 2.24) is 9.78 Å². The summed E-state index contributed by atoms with van der Waals surface area (Å²) in [7, 11) is 0. The second kappa shape index (κ2) is 4.01. The van der Waals surface area contributed by atoms with Gasteiger partial charge < -0.3 is 0 Å². The van der Waals surface area contributed by atoms with E-state index in [0.717, 1.165) is 13.0 Å². The Morgan fingerprint density at radius 1 is 1.22 bits per heavy atom. The second-order valence-electron chi connectivity index (χ2n) is 3.70. The van der Waals surface area contributed by atoms with Crippen molar-refractivity contribution in [2.45, 2.75) is 13.1 Å². The van der Waals surface area contributed by atoms with Crippen LogP contribution >= 0.6 is 0 Å². The van der Waals surface area contributed by atoms with E-state index in [0.29, 0.717) is 4.68 Å². The molecule has 0 unspecified atom stereocenters. The molecule has 1 aromatic carbocycles. The third-order valence-corrected chi connectivity index (χ3v) is 2.50. The molecule has 0 saturated carbocycles. The summed E-state index contributed by atoms with van der Waals surface area (Å²) in [4.78, 5) is 11.7. The first-order valence-electron chi connectivity index (χ1n) is 4.96. The van der Waals surface area contributed by atoms with E-state index in [1.54, 1.807) is 0 Å². The zero-order chi connectivity index (χ0) is 13.5. The third-order valence-electron chi connectivity index (χ3n) is 2.50. The highest BCUT2D eigenvalue weighted by Crippen LogP contribution is 2.29. The minimum Gasteiger partial charge on any atom is -0.286 e. The van der Waals surface area contributed by atoms with Gasteiger partial charge in [-0.05, 0) is 19.1 Å². The van der Waals surface area contributed by atoms with Gasteiger partial charge in [-0.3, -0.25) is 9.89 Å². The summed E-state index contributed by atoms with van der Waals surface area (Å²) in [6, 6.07) is 5.08. The van der Waals surface area contributed by atoms with Gasteiger partial charge in [0.05, 0.1) is 0 Å². The summed E-state index contributed by atoms with van der Waals surface area (Å²) in [5.74, 6) is -0.783. The Morgan fingerprint density at radius 3 is 2.33 bits per heavy atom. The number of hydrogen-bond acceptors (Lipinski definition) is 1. The van der Waals surface area contributed by atoms with Crippen LogP contribution in [0.15, 0.2) is 29.1 Å². The number of rotatable bonds is 1. The first-order valence-corrected chi connectivity index (χ1v) is 4.96. The van der Waals surface area contributed by atoms with Gasteiger partial charge in [0.2, 0.25) is 0 Å². The van der Waals surface area contributed by atoms with Crippen LogP contribution in [0, 0.1) is 12.7 Å². The molecule has 18 heavy (non-hydrogen) atoms. The number of nitrogens with zero attached hydrogens (tertiary/aromatic N) is 1. The number of nitrogens with one attached hydrogen (secondary N) is 1. The lowest BCUT2D eigenvalue weighted by atomic mass is 10.2. The van der Waals surface area contributed by atoms with Crippen molar-refractivity contribution in [2.75, 3.05) is 0 Å². The van der Waals surface area contributed by atoms with Gasteiger partial charge in [-0.1, -0.05) is 12.1 Å². The van der Waals surface area contributed by atoms with Gasteiger partial charge >= 0.3 is 6.18 Å². The Morgan fingerprint density at radius 2 is 1.83 bits per heavy atom. The third kappa shape index (κ3) is 1.92. The Kier molecular flexibility index (Phi) is 2.76. The fraction of sp³-hybridized carbons (Fsp3) is 0.182. The molecule has 0 aliphatic heterocycles. The summed E-state index contributed by atoms with van der Waals surface area (Å²) in [5, 5.41) is 1.89. The molecule has 0 spiro atoms. The van der Waals surface area contributed by atoms with Crippen LogP contribution in [-0.2, 0) is 6.18 Å². The molecule has 1 heterocycles. The van der Waals surface area contributed by atoms with Crippen LogP contribution in [0.4, 0.5) is 17.6 Å². The smallest absolute Gasteiger partial charge is 0.286 e. The normalized spacial score (nSPS) is 11.8. The summed E-state index contributed by atoms with van der Waals surface area (Å²) >= 11 is 0. The van der Waals surface area contributed by atoms with E-state index >= 15 is 0 Å². The van der Waals surface area contributed by atoms with Crippen LogP contribution in [0.5, 0.6) is 0 Å². The minimum absolute atomic E-state index is 0.249. The van der Waals surface area contributed by atoms with Gasteiger partial charge in [0, 0.05) is 5.56 Å². The molecule has 1 N–H and O–H groups in total. The number of halogens is 4. The van der Waals surface area contributed by atoms with E-state index in [1.165, 1.54) is 18.2 Å². The van der Waals surface area contributed by atoms with Gasteiger partial charge in [-0.15, -0.1) is 0 Å². The summed E-state index contributed by atoms with van der Waals surface area (Å²) in [6.07, 6.45) is -4.68. The van der Waals surface area contributed by atoms with Crippen molar-refractivity contribution >= 4 is 0 Å². The predicted molar refractivity (Wildman–Crippen MR) is 56.1 cm³/mol. The van der Waals surface area contributed by atoms with E-state index in [2.05, 4.69) is 0 Å². The number of hydrogen-bond donors (Lipinski definition) is 1. The van der Waals surface area contributed by atoms with Crippen LogP contribution in [0.2, 0.25) is 0 Å². The number of aromatic amines is 1. The molecular formula is C11H8F4N2O. The standard InChI is InChI=1S/C11H8F4N2O/c1-6-9(11(13,14)15)16-17(10(6)18)8-5-3-2-4-7(8)12/h2-5,16H,1H3. The lowest BCUT2D eigenvalue weighted by molar-refractivity contribution is -0.141. The number of H-pyrrole nitrogens is 1. The average molecular weight is 260 g/mol. The quantitative estimate of drug-likeness (QED) is 0.786.